The van der Waals surface area contributed by atoms with Crippen molar-refractivity contribution in [3.05, 3.63) is 22.6 Å². The summed E-state index contributed by atoms with van der Waals surface area (Å²) in [4.78, 5) is 0. The summed E-state index contributed by atoms with van der Waals surface area (Å²) in [6.07, 6.45) is 9.96. The molecule has 6 rings (SSSR count). The molecule has 1 N–H and O–H groups in total. The van der Waals surface area contributed by atoms with Gasteiger partial charge in [0.1, 0.15) is 11.5 Å². The number of hydrogen-bond donors (Lipinski definition) is 1. The highest BCUT2D eigenvalue weighted by molar-refractivity contribution is 5.39. The summed E-state index contributed by atoms with van der Waals surface area (Å²) < 4.78 is 6.46. The molecule has 20 heavy (non-hydrogen) atoms. The quantitative estimate of drug-likeness (QED) is 0.842. The lowest BCUT2D eigenvalue weighted by Crippen LogP contribution is -2.48. The van der Waals surface area contributed by atoms with Gasteiger partial charge in [0.05, 0.1) is 6.54 Å². The van der Waals surface area contributed by atoms with Crippen LogP contribution in [0.4, 0.5) is 0 Å². The Kier molecular flexibility index (Phi) is 2.32. The lowest BCUT2D eigenvalue weighted by atomic mass is 9.48. The lowest BCUT2D eigenvalue weighted by Gasteiger charge is -2.56. The molecule has 1 aromatic heterocycles. The highest BCUT2D eigenvalue weighted by Gasteiger charge is 2.54. The van der Waals surface area contributed by atoms with Crippen LogP contribution in [0.5, 0.6) is 0 Å². The molecule has 4 bridgehead atoms. The van der Waals surface area contributed by atoms with Crippen LogP contribution in [-0.2, 0) is 18.4 Å². The van der Waals surface area contributed by atoms with Gasteiger partial charge in [-0.05, 0) is 87.3 Å². The molecule has 2 heterocycles. The van der Waals surface area contributed by atoms with Crippen molar-refractivity contribution in [2.45, 2.75) is 63.8 Å². The summed E-state index contributed by atoms with van der Waals surface area (Å²) in [7, 11) is 0. The summed E-state index contributed by atoms with van der Waals surface area (Å²) in [5, 5.41) is 3.46. The third kappa shape index (κ3) is 1.49. The Hall–Kier alpha value is -0.760. The smallest absolute Gasteiger partial charge is 0.121 e. The van der Waals surface area contributed by atoms with E-state index in [1.54, 1.807) is 0 Å². The number of nitrogens with one attached hydrogen (secondary N) is 1. The Morgan fingerprint density at radius 2 is 1.70 bits per heavy atom. The normalized spacial score (nSPS) is 42.0. The van der Waals surface area contributed by atoms with Gasteiger partial charge in [-0.3, -0.25) is 0 Å². The second-order valence-electron chi connectivity index (χ2n) is 8.08. The van der Waals surface area contributed by atoms with Crippen LogP contribution >= 0.6 is 0 Å². The van der Waals surface area contributed by atoms with E-state index < -0.39 is 0 Å². The molecule has 2 heteroatoms. The fourth-order valence-electron chi connectivity index (χ4n) is 6.39. The Balaban J connectivity index is 1.61. The Morgan fingerprint density at radius 3 is 2.30 bits per heavy atom. The van der Waals surface area contributed by atoms with Gasteiger partial charge in [-0.2, -0.15) is 0 Å². The topological polar surface area (TPSA) is 25.2 Å². The van der Waals surface area contributed by atoms with E-state index in [0.29, 0.717) is 5.41 Å². The molecular weight excluding hydrogens is 246 g/mol. The molecule has 4 saturated carbocycles. The molecule has 4 fully saturated rings. The largest absolute Gasteiger partial charge is 0.464 e. The second kappa shape index (κ2) is 3.91. The van der Waals surface area contributed by atoms with Crippen molar-refractivity contribution < 1.29 is 4.42 Å². The van der Waals surface area contributed by atoms with Crippen LogP contribution in [0.2, 0.25) is 0 Å². The van der Waals surface area contributed by atoms with E-state index in [-0.39, 0.29) is 0 Å². The third-order valence-electron chi connectivity index (χ3n) is 6.71. The van der Waals surface area contributed by atoms with Crippen molar-refractivity contribution in [3.63, 3.8) is 0 Å². The van der Waals surface area contributed by atoms with Gasteiger partial charge in [0.2, 0.25) is 0 Å². The summed E-state index contributed by atoms with van der Waals surface area (Å²) in [6.45, 7) is 4.40. The Morgan fingerprint density at radius 1 is 1.05 bits per heavy atom. The molecule has 0 unspecified atom stereocenters. The average Bonchev–Trinajstić information content (AvgIpc) is 2.76. The molecular formula is C18H25NO. The summed E-state index contributed by atoms with van der Waals surface area (Å²) >= 11 is 0. The van der Waals surface area contributed by atoms with Crippen LogP contribution in [0.25, 0.3) is 0 Å². The van der Waals surface area contributed by atoms with Crippen LogP contribution < -0.4 is 5.32 Å². The lowest BCUT2D eigenvalue weighted by molar-refractivity contribution is -0.0159. The van der Waals surface area contributed by atoms with Gasteiger partial charge in [-0.1, -0.05) is 0 Å². The van der Waals surface area contributed by atoms with E-state index in [0.717, 1.165) is 37.3 Å². The highest BCUT2D eigenvalue weighted by Crippen LogP contribution is 2.61. The average molecular weight is 271 g/mol. The van der Waals surface area contributed by atoms with E-state index in [2.05, 4.69) is 12.2 Å². The fraction of sp³-hybridized carbons (Fsp3) is 0.778. The van der Waals surface area contributed by atoms with Gasteiger partial charge in [-0.25, -0.2) is 0 Å². The Labute approximate surface area is 121 Å². The highest BCUT2D eigenvalue weighted by atomic mass is 16.3. The van der Waals surface area contributed by atoms with Crippen LogP contribution in [0.3, 0.4) is 0 Å². The van der Waals surface area contributed by atoms with Gasteiger partial charge in [0.15, 0.2) is 0 Å². The van der Waals surface area contributed by atoms with E-state index >= 15 is 0 Å². The van der Waals surface area contributed by atoms with Crippen LogP contribution in [0.15, 0.2) is 4.42 Å². The summed E-state index contributed by atoms with van der Waals surface area (Å²) in [5.41, 5.74) is 3.48. The van der Waals surface area contributed by atoms with E-state index in [1.807, 2.05) is 0 Å². The first-order chi connectivity index (χ1) is 9.73. The third-order valence-corrected chi connectivity index (χ3v) is 6.71. The minimum Gasteiger partial charge on any atom is -0.464 e. The van der Waals surface area contributed by atoms with Crippen molar-refractivity contribution in [3.8, 4) is 0 Å². The molecule has 0 radical (unpaired) electrons. The maximum absolute atomic E-state index is 6.46. The van der Waals surface area contributed by atoms with Gasteiger partial charge < -0.3 is 9.73 Å². The predicted octanol–water partition coefficient (Wildman–Crippen LogP) is 3.70. The van der Waals surface area contributed by atoms with E-state index in [1.165, 1.54) is 61.2 Å². The molecule has 0 aromatic carbocycles. The van der Waals surface area contributed by atoms with Crippen LogP contribution in [-0.4, -0.2) is 6.54 Å². The monoisotopic (exact) mass is 271 g/mol. The maximum Gasteiger partial charge on any atom is 0.121 e. The predicted molar refractivity (Wildman–Crippen MR) is 78.7 cm³/mol. The minimum absolute atomic E-state index is 0.427. The molecule has 1 aromatic rings. The Bertz CT molecular complexity index is 521. The second-order valence-corrected chi connectivity index (χ2v) is 8.08. The molecule has 4 aliphatic carbocycles. The molecule has 1 aliphatic heterocycles. The van der Waals surface area contributed by atoms with Crippen LogP contribution in [0.1, 0.15) is 61.2 Å². The standard InChI is InChI=1S/C18H25NO/c1-11-15-2-3-19-10-16(15)20-17(11)18-7-12-4-13(8-18)6-14(5-12)9-18/h12-14,19H,2-10H2,1H3. The summed E-state index contributed by atoms with van der Waals surface area (Å²) in [5.74, 6) is 5.66. The molecule has 0 saturated heterocycles. The SMILES string of the molecule is Cc1c(C23CC4CC(CC(C4)C2)C3)oc2c1CCNC2. The molecule has 0 spiro atoms. The maximum atomic E-state index is 6.46. The molecule has 0 atom stereocenters. The number of furan rings is 1. The van der Waals surface area contributed by atoms with Crippen molar-refractivity contribution in [1.29, 1.82) is 0 Å². The van der Waals surface area contributed by atoms with Gasteiger partial charge >= 0.3 is 0 Å². The zero-order valence-corrected chi connectivity index (χ0v) is 12.5. The van der Waals surface area contributed by atoms with Gasteiger partial charge in [0.25, 0.3) is 0 Å². The zero-order chi connectivity index (χ0) is 13.3. The molecule has 0 amide bonds. The first-order valence-electron chi connectivity index (χ1n) is 8.56. The van der Waals surface area contributed by atoms with E-state index in [4.69, 9.17) is 4.42 Å². The number of rotatable bonds is 1. The number of hydrogen-bond acceptors (Lipinski definition) is 2. The van der Waals surface area contributed by atoms with E-state index in [9.17, 15) is 0 Å². The van der Waals surface area contributed by atoms with Crippen molar-refractivity contribution in [2.24, 2.45) is 17.8 Å². The summed E-state index contributed by atoms with van der Waals surface area (Å²) in [6, 6.07) is 0. The van der Waals surface area contributed by atoms with Crippen molar-refractivity contribution in [1.82, 2.24) is 5.32 Å². The molecule has 5 aliphatic rings. The molecule has 108 valence electrons. The minimum atomic E-state index is 0.427. The van der Waals surface area contributed by atoms with Crippen molar-refractivity contribution in [2.75, 3.05) is 6.54 Å². The fourth-order valence-corrected chi connectivity index (χ4v) is 6.39. The van der Waals surface area contributed by atoms with Crippen LogP contribution in [0, 0.1) is 24.7 Å². The first kappa shape index (κ1) is 11.9. The first-order valence-corrected chi connectivity index (χ1v) is 8.56. The number of fused-ring (bicyclic) bond motifs is 1. The zero-order valence-electron chi connectivity index (χ0n) is 12.5. The van der Waals surface area contributed by atoms with Gasteiger partial charge in [0, 0.05) is 5.41 Å². The molecule has 2 nitrogen and oxygen atoms in total. The van der Waals surface area contributed by atoms with Gasteiger partial charge in [-0.15, -0.1) is 0 Å². The van der Waals surface area contributed by atoms with Crippen molar-refractivity contribution >= 4 is 0 Å².